The van der Waals surface area contributed by atoms with Gasteiger partial charge in [-0.15, -0.1) is 0 Å². The van der Waals surface area contributed by atoms with Crippen LogP contribution in [0.25, 0.3) is 0 Å². The van der Waals surface area contributed by atoms with Crippen LogP contribution in [0.5, 0.6) is 0 Å². The number of alkyl carbamates (subject to hydrolysis) is 1. The molecular weight excluding hydrogens is 546 g/mol. The van der Waals surface area contributed by atoms with Gasteiger partial charge in [0, 0.05) is 18.9 Å². The Bertz CT molecular complexity index is 1350. The van der Waals surface area contributed by atoms with Gasteiger partial charge >= 0.3 is 12.1 Å². The van der Waals surface area contributed by atoms with Crippen LogP contribution in [0.1, 0.15) is 44.7 Å². The topological polar surface area (TPSA) is 133 Å². The number of amides is 2. The summed E-state index contributed by atoms with van der Waals surface area (Å²) < 4.78 is 29.5. The van der Waals surface area contributed by atoms with E-state index in [2.05, 4.69) is 5.32 Å². The molecule has 41 heavy (non-hydrogen) atoms. The number of ether oxygens (including phenoxy) is 1. The number of carbonyl (C=O) groups is 3. The van der Waals surface area contributed by atoms with E-state index in [1.165, 1.54) is 11.1 Å². The van der Waals surface area contributed by atoms with E-state index in [-0.39, 0.29) is 12.2 Å². The Morgan fingerprint density at radius 3 is 2.37 bits per heavy atom. The zero-order chi connectivity index (χ0) is 30.2. The number of aliphatic carboxylic acids is 1. The lowest BCUT2D eigenvalue weighted by atomic mass is 10.0. The number of carboxylic acids is 1. The number of nitrogens with one attached hydrogen (secondary N) is 1. The van der Waals surface area contributed by atoms with Gasteiger partial charge in [0.25, 0.3) is 5.91 Å². The van der Waals surface area contributed by atoms with Crippen molar-refractivity contribution >= 4 is 33.5 Å². The van der Waals surface area contributed by atoms with Gasteiger partial charge in [-0.05, 0) is 63.6 Å². The minimum atomic E-state index is -3.47. The second-order valence-corrected chi connectivity index (χ2v) is 13.4. The molecule has 0 aliphatic carbocycles. The predicted molar refractivity (Wildman–Crippen MR) is 157 cm³/mol. The number of para-hydroxylation sites is 1. The van der Waals surface area contributed by atoms with Gasteiger partial charge in [0.2, 0.25) is 0 Å². The van der Waals surface area contributed by atoms with Gasteiger partial charge in [-0.1, -0.05) is 54.6 Å². The van der Waals surface area contributed by atoms with Crippen LogP contribution in [0.2, 0.25) is 0 Å². The summed E-state index contributed by atoms with van der Waals surface area (Å²) in [6.45, 7) is 5.50. The third kappa shape index (κ3) is 9.93. The van der Waals surface area contributed by atoms with Crippen molar-refractivity contribution in [1.82, 2.24) is 10.3 Å². The molecule has 10 nitrogen and oxygen atoms in total. The van der Waals surface area contributed by atoms with E-state index < -0.39 is 45.5 Å². The number of hydrogen-bond donors (Lipinski definition) is 2. The predicted octanol–water partition coefficient (Wildman–Crippen LogP) is 3.76. The minimum Gasteiger partial charge on any atom is -0.478 e. The van der Waals surface area contributed by atoms with Crippen molar-refractivity contribution in [3.63, 3.8) is 0 Å². The molecule has 1 aliphatic heterocycles. The second kappa shape index (κ2) is 13.7. The number of hydrogen-bond acceptors (Lipinski definition) is 7. The molecule has 2 aromatic carbocycles. The highest BCUT2D eigenvalue weighted by Crippen LogP contribution is 2.31. The molecule has 1 aliphatic rings. The molecule has 2 amide bonds. The first kappa shape index (κ1) is 31.7. The summed E-state index contributed by atoms with van der Waals surface area (Å²) >= 11 is 0. The van der Waals surface area contributed by atoms with Crippen molar-refractivity contribution in [3.05, 3.63) is 77.9 Å². The van der Waals surface area contributed by atoms with Gasteiger partial charge in [0.15, 0.2) is 0 Å². The summed E-state index contributed by atoms with van der Waals surface area (Å²) in [4.78, 5) is 38.7. The second-order valence-electron chi connectivity index (χ2n) is 11.1. The number of carbonyl (C=O) groups excluding carboxylic acids is 2. The van der Waals surface area contributed by atoms with Crippen LogP contribution in [0.4, 0.5) is 10.5 Å². The fraction of sp³-hybridized carbons (Fsp3) is 0.433. The smallest absolute Gasteiger partial charge is 0.408 e. The molecule has 1 heterocycles. The van der Waals surface area contributed by atoms with Crippen LogP contribution in [0, 0.1) is 0 Å². The zero-order valence-corrected chi connectivity index (χ0v) is 24.8. The van der Waals surface area contributed by atoms with Crippen molar-refractivity contribution in [2.75, 3.05) is 23.6 Å². The van der Waals surface area contributed by atoms with Crippen molar-refractivity contribution in [3.8, 4) is 0 Å². The van der Waals surface area contributed by atoms with E-state index in [0.717, 1.165) is 29.1 Å². The van der Waals surface area contributed by atoms with Crippen LogP contribution >= 0.6 is 0 Å². The highest BCUT2D eigenvalue weighted by Gasteiger charge is 2.37. The molecule has 1 unspecified atom stereocenters. The summed E-state index contributed by atoms with van der Waals surface area (Å²) in [6.07, 6.45) is 4.07. The number of carboxylic acid groups (broad SMARTS) is 1. The first-order valence-corrected chi connectivity index (χ1v) is 15.6. The first-order valence-electron chi connectivity index (χ1n) is 13.5. The maximum atomic E-state index is 14.4. The molecule has 0 aromatic heterocycles. The fourth-order valence-electron chi connectivity index (χ4n) is 4.66. The summed E-state index contributed by atoms with van der Waals surface area (Å²) in [6, 6.07) is 15.3. The molecule has 0 bridgehead atoms. The Morgan fingerprint density at radius 2 is 1.73 bits per heavy atom. The third-order valence-electron chi connectivity index (χ3n) is 6.46. The van der Waals surface area contributed by atoms with Gasteiger partial charge < -0.3 is 15.2 Å². The minimum absolute atomic E-state index is 0.184. The van der Waals surface area contributed by atoms with Crippen molar-refractivity contribution < 1.29 is 32.6 Å². The highest BCUT2D eigenvalue weighted by molar-refractivity contribution is 7.90. The number of rotatable bonds is 12. The van der Waals surface area contributed by atoms with E-state index in [0.29, 0.717) is 25.8 Å². The fourth-order valence-corrected chi connectivity index (χ4v) is 5.32. The average Bonchev–Trinajstić information content (AvgIpc) is 3.30. The van der Waals surface area contributed by atoms with Gasteiger partial charge in [-0.25, -0.2) is 23.0 Å². The number of fused-ring (bicyclic) bond motifs is 1. The number of nitrogens with zero attached hydrogens (tertiary/aromatic N) is 2. The summed E-state index contributed by atoms with van der Waals surface area (Å²) in [5, 5.41) is 15.3. The largest absolute Gasteiger partial charge is 0.478 e. The SMILES string of the molecule is CC(C)(C)OC(=O)N[C@@H](CCS(C)(=O)=O)C(=O)N(C(/C=C/C(=O)O)CCc1ccccc1)N1CCc2ccccc21. The van der Waals surface area contributed by atoms with Crippen LogP contribution in [-0.2, 0) is 37.0 Å². The van der Waals surface area contributed by atoms with E-state index in [1.54, 1.807) is 25.8 Å². The molecule has 0 spiro atoms. The lowest BCUT2D eigenvalue weighted by Gasteiger charge is -2.41. The molecule has 11 heteroatoms. The lowest BCUT2D eigenvalue weighted by Crippen LogP contribution is -2.58. The normalized spacial score (nSPS) is 14.8. The summed E-state index contributed by atoms with van der Waals surface area (Å²) in [7, 11) is -3.47. The number of benzene rings is 2. The van der Waals surface area contributed by atoms with E-state index in [9.17, 15) is 27.9 Å². The lowest BCUT2D eigenvalue weighted by molar-refractivity contribution is -0.136. The first-order chi connectivity index (χ1) is 19.2. The van der Waals surface area contributed by atoms with Crippen molar-refractivity contribution in [1.29, 1.82) is 0 Å². The number of sulfone groups is 1. The van der Waals surface area contributed by atoms with E-state index in [4.69, 9.17) is 4.74 Å². The molecule has 2 aromatic rings. The van der Waals surface area contributed by atoms with Crippen LogP contribution < -0.4 is 10.3 Å². The molecule has 2 N–H and O–H groups in total. The van der Waals surface area contributed by atoms with Gasteiger partial charge in [-0.3, -0.25) is 9.80 Å². The highest BCUT2D eigenvalue weighted by atomic mass is 32.2. The van der Waals surface area contributed by atoms with Gasteiger partial charge in [0.05, 0.1) is 17.5 Å². The van der Waals surface area contributed by atoms with Crippen LogP contribution in [0.15, 0.2) is 66.7 Å². The molecule has 3 rings (SSSR count). The Labute approximate surface area is 241 Å². The maximum absolute atomic E-state index is 14.4. The maximum Gasteiger partial charge on any atom is 0.408 e. The number of anilines is 1. The Hall–Kier alpha value is -3.86. The Balaban J connectivity index is 2.05. The zero-order valence-electron chi connectivity index (χ0n) is 23.9. The number of hydrazine groups is 1. The molecule has 222 valence electrons. The molecular formula is C30H39N3O7S. The van der Waals surface area contributed by atoms with Crippen molar-refractivity contribution in [2.45, 2.75) is 64.1 Å². The quantitative estimate of drug-likeness (QED) is 0.360. The number of aryl methyl sites for hydroxylation is 1. The Kier molecular flexibility index (Phi) is 10.6. The molecule has 2 atom stereocenters. The van der Waals surface area contributed by atoms with Crippen LogP contribution in [-0.4, -0.2) is 72.7 Å². The summed E-state index contributed by atoms with van der Waals surface area (Å²) in [5.74, 6) is -2.07. The monoisotopic (exact) mass is 585 g/mol. The van der Waals surface area contributed by atoms with Gasteiger partial charge in [0.1, 0.15) is 21.5 Å². The molecule has 0 saturated heterocycles. The average molecular weight is 586 g/mol. The van der Waals surface area contributed by atoms with Gasteiger partial charge in [-0.2, -0.15) is 0 Å². The molecule has 0 fully saturated rings. The third-order valence-corrected chi connectivity index (χ3v) is 7.44. The van der Waals surface area contributed by atoms with E-state index >= 15 is 0 Å². The standard InChI is InChI=1S/C30H39N3O7S/c1-30(2,3)40-29(37)31-25(19-21-41(4,38)39)28(36)33(32-20-18-23-12-8-9-13-26(23)32)24(16-17-27(34)35)15-14-22-10-6-5-7-11-22/h5-13,16-17,24-25H,14-15,18-21H2,1-4H3,(H,31,37)(H,34,35)/b17-16+/t24?,25-/m0/s1. The van der Waals surface area contributed by atoms with Crippen molar-refractivity contribution in [2.24, 2.45) is 0 Å². The summed E-state index contributed by atoms with van der Waals surface area (Å²) in [5.41, 5.74) is 1.97. The van der Waals surface area contributed by atoms with Crippen LogP contribution in [0.3, 0.4) is 0 Å². The molecule has 0 saturated carbocycles. The molecule has 0 radical (unpaired) electrons. The Morgan fingerprint density at radius 1 is 1.07 bits per heavy atom. The van der Waals surface area contributed by atoms with E-state index in [1.807, 2.05) is 54.6 Å².